The molecule has 142 valence electrons. The molecular formula is C20H19N5O3. The molecule has 1 amide bonds. The Labute approximate surface area is 160 Å². The number of hydrogen-bond donors (Lipinski definition) is 2. The minimum absolute atomic E-state index is 0.000326. The first-order chi connectivity index (χ1) is 13.5. The fourth-order valence-electron chi connectivity index (χ4n) is 3.85. The van der Waals surface area contributed by atoms with Crippen LogP contribution in [0.1, 0.15) is 39.5 Å². The Bertz CT molecular complexity index is 1090. The molecule has 2 aromatic carbocycles. The number of nitro benzene ring substituents is 1. The van der Waals surface area contributed by atoms with Crippen LogP contribution >= 0.6 is 0 Å². The number of anilines is 1. The lowest BCUT2D eigenvalue weighted by molar-refractivity contribution is -0.384. The molecule has 4 N–H and O–H groups in total. The maximum absolute atomic E-state index is 12.1. The molecule has 8 nitrogen and oxygen atoms in total. The van der Waals surface area contributed by atoms with Gasteiger partial charge in [0.2, 0.25) is 0 Å². The second-order valence-corrected chi connectivity index (χ2v) is 6.91. The van der Waals surface area contributed by atoms with Gasteiger partial charge in [-0.3, -0.25) is 14.9 Å². The van der Waals surface area contributed by atoms with Crippen LogP contribution in [-0.2, 0) is 12.8 Å². The highest BCUT2D eigenvalue weighted by Crippen LogP contribution is 2.36. The lowest BCUT2D eigenvalue weighted by Crippen LogP contribution is -2.19. The zero-order chi connectivity index (χ0) is 19.8. The maximum Gasteiger partial charge on any atom is 0.271 e. The van der Waals surface area contributed by atoms with E-state index < -0.39 is 10.8 Å². The van der Waals surface area contributed by atoms with Gasteiger partial charge in [-0.1, -0.05) is 30.3 Å². The van der Waals surface area contributed by atoms with Gasteiger partial charge in [-0.2, -0.15) is 5.10 Å². The molecule has 8 heteroatoms. The van der Waals surface area contributed by atoms with E-state index in [9.17, 15) is 14.9 Å². The van der Waals surface area contributed by atoms with E-state index >= 15 is 0 Å². The van der Waals surface area contributed by atoms with E-state index in [1.54, 1.807) is 12.1 Å². The smallest absolute Gasteiger partial charge is 0.271 e. The van der Waals surface area contributed by atoms with E-state index in [4.69, 9.17) is 11.5 Å². The number of nitro groups is 1. The molecule has 0 saturated heterocycles. The normalized spacial score (nSPS) is 15.8. The monoisotopic (exact) mass is 377 g/mol. The van der Waals surface area contributed by atoms with Gasteiger partial charge >= 0.3 is 0 Å². The van der Waals surface area contributed by atoms with Crippen LogP contribution in [0.25, 0.3) is 5.69 Å². The molecule has 0 spiro atoms. The third-order valence-electron chi connectivity index (χ3n) is 5.21. The molecule has 1 heterocycles. The first kappa shape index (κ1) is 17.7. The third kappa shape index (κ3) is 2.98. The number of nitrogens with two attached hydrogens (primary N) is 2. The van der Waals surface area contributed by atoms with E-state index in [-0.39, 0.29) is 23.0 Å². The summed E-state index contributed by atoms with van der Waals surface area (Å²) in [6.07, 6.45) is 2.44. The summed E-state index contributed by atoms with van der Waals surface area (Å²) in [6, 6.07) is 14.2. The van der Waals surface area contributed by atoms with Gasteiger partial charge in [0.1, 0.15) is 11.4 Å². The number of aromatic nitrogens is 2. The number of aryl methyl sites for hydroxylation is 1. The SMILES string of the molecule is NC(=O)c1c(C2CCc3ccccc3C2)nn(-c2cccc([N+](=O)[O-])c2)c1N. The molecule has 1 aliphatic rings. The molecule has 0 radical (unpaired) electrons. The Morgan fingerprint density at radius 2 is 1.93 bits per heavy atom. The van der Waals surface area contributed by atoms with Gasteiger partial charge in [0, 0.05) is 18.1 Å². The van der Waals surface area contributed by atoms with E-state index in [2.05, 4.69) is 17.2 Å². The van der Waals surface area contributed by atoms with Gasteiger partial charge in [-0.15, -0.1) is 0 Å². The summed E-state index contributed by atoms with van der Waals surface area (Å²) in [4.78, 5) is 22.7. The van der Waals surface area contributed by atoms with Crippen LogP contribution in [0.4, 0.5) is 11.5 Å². The number of carbonyl (C=O) groups excluding carboxylic acids is 1. The van der Waals surface area contributed by atoms with Crippen LogP contribution in [0.15, 0.2) is 48.5 Å². The Morgan fingerprint density at radius 3 is 2.64 bits per heavy atom. The predicted octanol–water partition coefficient (Wildman–Crippen LogP) is 2.73. The molecule has 4 rings (SSSR count). The Morgan fingerprint density at radius 1 is 1.18 bits per heavy atom. The van der Waals surface area contributed by atoms with E-state index in [1.807, 2.05) is 12.1 Å². The Hall–Kier alpha value is -3.68. The van der Waals surface area contributed by atoms with Crippen molar-refractivity contribution in [2.75, 3.05) is 5.73 Å². The molecule has 1 atom stereocenters. The fourth-order valence-corrected chi connectivity index (χ4v) is 3.85. The van der Waals surface area contributed by atoms with Crippen molar-refractivity contribution in [1.29, 1.82) is 0 Å². The van der Waals surface area contributed by atoms with Crippen LogP contribution in [0.2, 0.25) is 0 Å². The summed E-state index contributed by atoms with van der Waals surface area (Å²) in [6.45, 7) is 0. The molecule has 3 aromatic rings. The summed E-state index contributed by atoms with van der Waals surface area (Å²) in [5, 5.41) is 15.7. The van der Waals surface area contributed by atoms with Crippen molar-refractivity contribution in [1.82, 2.24) is 9.78 Å². The second kappa shape index (κ2) is 6.80. The summed E-state index contributed by atoms with van der Waals surface area (Å²) in [5.41, 5.74) is 15.4. The molecule has 0 bridgehead atoms. The highest BCUT2D eigenvalue weighted by Gasteiger charge is 2.30. The quantitative estimate of drug-likeness (QED) is 0.533. The number of nitrogens with zero attached hydrogens (tertiary/aromatic N) is 3. The number of fused-ring (bicyclic) bond motifs is 1. The average molecular weight is 377 g/mol. The van der Waals surface area contributed by atoms with Crippen LogP contribution in [0.5, 0.6) is 0 Å². The molecule has 28 heavy (non-hydrogen) atoms. The minimum atomic E-state index is -0.650. The molecular weight excluding hydrogens is 358 g/mol. The number of benzene rings is 2. The van der Waals surface area contributed by atoms with E-state index in [0.29, 0.717) is 11.4 Å². The van der Waals surface area contributed by atoms with E-state index in [1.165, 1.54) is 27.9 Å². The topological polar surface area (TPSA) is 130 Å². The zero-order valence-corrected chi connectivity index (χ0v) is 15.0. The van der Waals surface area contributed by atoms with Crippen molar-refractivity contribution in [2.45, 2.75) is 25.2 Å². The Balaban J connectivity index is 1.79. The van der Waals surface area contributed by atoms with Gasteiger partial charge in [0.25, 0.3) is 11.6 Å². The molecule has 1 unspecified atom stereocenters. The molecule has 0 aliphatic heterocycles. The first-order valence-corrected chi connectivity index (χ1v) is 8.95. The minimum Gasteiger partial charge on any atom is -0.383 e. The largest absolute Gasteiger partial charge is 0.383 e. The summed E-state index contributed by atoms with van der Waals surface area (Å²) in [5.74, 6) is -0.551. The van der Waals surface area contributed by atoms with Crippen molar-refractivity contribution in [3.05, 3.63) is 81.0 Å². The maximum atomic E-state index is 12.1. The van der Waals surface area contributed by atoms with Gasteiger partial charge in [-0.05, 0) is 36.5 Å². The van der Waals surface area contributed by atoms with E-state index in [0.717, 1.165) is 19.3 Å². The number of rotatable bonds is 4. The van der Waals surface area contributed by atoms with Crippen molar-refractivity contribution < 1.29 is 9.72 Å². The number of primary amides is 1. The summed E-state index contributed by atoms with van der Waals surface area (Å²) in [7, 11) is 0. The number of amides is 1. The van der Waals surface area contributed by atoms with Gasteiger partial charge in [0.15, 0.2) is 0 Å². The average Bonchev–Trinajstić information content (AvgIpc) is 3.05. The summed E-state index contributed by atoms with van der Waals surface area (Å²) >= 11 is 0. The molecule has 1 aromatic heterocycles. The van der Waals surface area contributed by atoms with Crippen LogP contribution in [0, 0.1) is 10.1 Å². The number of hydrogen-bond acceptors (Lipinski definition) is 5. The van der Waals surface area contributed by atoms with Crippen LogP contribution in [0.3, 0.4) is 0 Å². The summed E-state index contributed by atoms with van der Waals surface area (Å²) < 4.78 is 1.36. The fraction of sp³-hybridized carbons (Fsp3) is 0.200. The predicted molar refractivity (Wildman–Crippen MR) is 104 cm³/mol. The zero-order valence-electron chi connectivity index (χ0n) is 15.0. The lowest BCUT2D eigenvalue weighted by atomic mass is 9.81. The first-order valence-electron chi connectivity index (χ1n) is 8.95. The third-order valence-corrected chi connectivity index (χ3v) is 5.21. The van der Waals surface area contributed by atoms with Crippen molar-refractivity contribution in [2.24, 2.45) is 5.73 Å². The van der Waals surface area contributed by atoms with Crippen molar-refractivity contribution >= 4 is 17.4 Å². The highest BCUT2D eigenvalue weighted by atomic mass is 16.6. The Kier molecular flexibility index (Phi) is 4.31. The van der Waals surface area contributed by atoms with Crippen LogP contribution < -0.4 is 11.5 Å². The van der Waals surface area contributed by atoms with Crippen LogP contribution in [-0.4, -0.2) is 20.6 Å². The van der Waals surface area contributed by atoms with Crippen molar-refractivity contribution in [3.63, 3.8) is 0 Å². The number of nitrogen functional groups attached to an aromatic ring is 1. The van der Waals surface area contributed by atoms with Gasteiger partial charge in [-0.25, -0.2) is 4.68 Å². The number of non-ortho nitro benzene ring substituents is 1. The highest BCUT2D eigenvalue weighted by molar-refractivity contribution is 5.99. The molecule has 1 aliphatic carbocycles. The molecule has 0 fully saturated rings. The van der Waals surface area contributed by atoms with Crippen molar-refractivity contribution in [3.8, 4) is 5.69 Å². The lowest BCUT2D eigenvalue weighted by Gasteiger charge is -2.23. The number of carbonyl (C=O) groups is 1. The van der Waals surface area contributed by atoms with Gasteiger partial charge < -0.3 is 11.5 Å². The second-order valence-electron chi connectivity index (χ2n) is 6.91. The molecule has 0 saturated carbocycles. The van der Waals surface area contributed by atoms with Gasteiger partial charge in [0.05, 0.1) is 16.3 Å². The standard InChI is InChI=1S/C20H19N5O3/c21-19-17(20(22)26)18(14-9-8-12-4-1-2-5-13(12)10-14)23-24(19)15-6-3-7-16(11-15)25(27)28/h1-7,11,14H,8-10,21H2,(H2,22,26).